The predicted molar refractivity (Wildman–Crippen MR) is 124 cm³/mol. The molecule has 2 aromatic carbocycles. The van der Waals surface area contributed by atoms with Crippen molar-refractivity contribution in [2.75, 3.05) is 34.5 Å². The Bertz CT molecular complexity index is 844. The maximum atomic E-state index is 11.8. The molecular weight excluding hydrogens is 543 g/mol. The van der Waals surface area contributed by atoms with Crippen LogP contribution < -0.4 is 9.47 Å². The van der Waals surface area contributed by atoms with Crippen molar-refractivity contribution in [2.45, 2.75) is 10.7 Å². The Morgan fingerprint density at radius 1 is 1.03 bits per heavy atom. The Balaban J connectivity index is 0.00000141. The van der Waals surface area contributed by atoms with Crippen LogP contribution in [0, 0.1) is 0 Å². The van der Waals surface area contributed by atoms with Crippen molar-refractivity contribution in [2.24, 2.45) is 0 Å². The first-order valence-electron chi connectivity index (χ1n) is 8.72. The lowest BCUT2D eigenvalue weighted by molar-refractivity contribution is 0.0599. The van der Waals surface area contributed by atoms with E-state index in [1.165, 1.54) is 7.11 Å². The number of hydrogen-bond acceptors (Lipinski definition) is 6. The maximum absolute atomic E-state index is 11.8. The summed E-state index contributed by atoms with van der Waals surface area (Å²) in [5.74, 6) is 0.573. The van der Waals surface area contributed by atoms with Crippen LogP contribution in [0.1, 0.15) is 31.8 Å². The van der Waals surface area contributed by atoms with Gasteiger partial charge in [-0.15, -0.1) is 0 Å². The van der Waals surface area contributed by atoms with E-state index in [0.29, 0.717) is 43.9 Å². The van der Waals surface area contributed by atoms with E-state index in [9.17, 15) is 9.59 Å². The molecule has 0 spiro atoms. The van der Waals surface area contributed by atoms with E-state index in [-0.39, 0.29) is 13.2 Å². The summed E-state index contributed by atoms with van der Waals surface area (Å²) in [6.07, 6.45) is 0.796. The fourth-order valence-electron chi connectivity index (χ4n) is 2.35. The highest BCUT2D eigenvalue weighted by Gasteiger charge is 2.17. The van der Waals surface area contributed by atoms with Gasteiger partial charge in [-0.25, -0.2) is 4.79 Å². The minimum absolute atomic E-state index is 0.246. The van der Waals surface area contributed by atoms with Crippen LogP contribution >= 0.6 is 43.5 Å². The highest BCUT2D eigenvalue weighted by atomic mass is 79.9. The van der Waals surface area contributed by atoms with E-state index in [4.69, 9.17) is 25.8 Å². The zero-order valence-electron chi connectivity index (χ0n) is 16.9. The van der Waals surface area contributed by atoms with E-state index in [2.05, 4.69) is 36.6 Å². The highest BCUT2D eigenvalue weighted by molar-refractivity contribution is 9.08. The fourth-order valence-corrected chi connectivity index (χ4v) is 3.89. The second-order valence-electron chi connectivity index (χ2n) is 5.75. The van der Waals surface area contributed by atoms with Gasteiger partial charge in [-0.05, 0) is 35.4 Å². The number of methoxy groups -OCH3 is 2. The van der Waals surface area contributed by atoms with Gasteiger partial charge in [-0.1, -0.05) is 49.5 Å². The maximum Gasteiger partial charge on any atom is 0.338 e. The standard InChI is InChI=1S/C19H17Br2ClO5.C2H6O/c1-25-19(24)15-4-5-17(18(22)16(15)10-21)27-7-6-26-14-3-2-12(9-20)13(8-14)11-23;1-3-2/h2-5,8,11H,6-7,9-10H2,1H3;1-2H3. The van der Waals surface area contributed by atoms with Gasteiger partial charge >= 0.3 is 5.97 Å². The van der Waals surface area contributed by atoms with Crippen molar-refractivity contribution in [1.29, 1.82) is 0 Å². The number of rotatable bonds is 9. The summed E-state index contributed by atoms with van der Waals surface area (Å²) in [6.45, 7) is 0.514. The SMILES string of the molecule is COC.COC(=O)c1ccc(OCCOc2ccc(CBr)c(C=O)c2)c(Cl)c1CBr. The molecule has 0 unspecified atom stereocenters. The summed E-state index contributed by atoms with van der Waals surface area (Å²) >= 11 is 13.0. The van der Waals surface area contributed by atoms with E-state index in [0.717, 1.165) is 11.8 Å². The Hall–Kier alpha value is -1.61. The van der Waals surface area contributed by atoms with Gasteiger partial charge in [0, 0.05) is 30.4 Å². The van der Waals surface area contributed by atoms with Crippen molar-refractivity contribution in [1.82, 2.24) is 0 Å². The van der Waals surface area contributed by atoms with E-state index in [1.807, 2.05) is 6.07 Å². The van der Waals surface area contributed by atoms with Gasteiger partial charge in [0.05, 0.1) is 17.7 Å². The number of carbonyl (C=O) groups is 2. The van der Waals surface area contributed by atoms with Crippen LogP contribution in [0.15, 0.2) is 30.3 Å². The largest absolute Gasteiger partial charge is 0.490 e. The van der Waals surface area contributed by atoms with Gasteiger partial charge < -0.3 is 18.9 Å². The molecule has 0 heterocycles. The van der Waals surface area contributed by atoms with Crippen LogP contribution in [-0.4, -0.2) is 46.8 Å². The first-order chi connectivity index (χ1) is 14.5. The van der Waals surface area contributed by atoms with Crippen LogP contribution in [-0.2, 0) is 20.1 Å². The van der Waals surface area contributed by atoms with Gasteiger partial charge in [-0.3, -0.25) is 4.79 Å². The molecule has 0 aliphatic carbocycles. The molecule has 9 heteroatoms. The van der Waals surface area contributed by atoms with Crippen LogP contribution in [0.25, 0.3) is 0 Å². The summed E-state index contributed by atoms with van der Waals surface area (Å²) in [7, 11) is 4.57. The number of alkyl halides is 2. The van der Waals surface area contributed by atoms with Gasteiger partial charge in [0.1, 0.15) is 31.0 Å². The first kappa shape index (κ1) is 26.4. The number of hydrogen-bond donors (Lipinski definition) is 0. The summed E-state index contributed by atoms with van der Waals surface area (Å²) in [4.78, 5) is 22.9. The Kier molecular flexibility index (Phi) is 12.7. The van der Waals surface area contributed by atoms with Gasteiger partial charge in [-0.2, -0.15) is 0 Å². The van der Waals surface area contributed by atoms with E-state index >= 15 is 0 Å². The van der Waals surface area contributed by atoms with Crippen LogP contribution in [0.5, 0.6) is 11.5 Å². The highest BCUT2D eigenvalue weighted by Crippen LogP contribution is 2.33. The molecule has 0 bridgehead atoms. The average molecular weight is 567 g/mol. The minimum Gasteiger partial charge on any atom is -0.490 e. The summed E-state index contributed by atoms with van der Waals surface area (Å²) in [5.41, 5.74) is 2.46. The smallest absolute Gasteiger partial charge is 0.338 e. The quantitative estimate of drug-likeness (QED) is 0.174. The number of aldehydes is 1. The lowest BCUT2D eigenvalue weighted by atomic mass is 10.1. The van der Waals surface area contributed by atoms with Crippen molar-refractivity contribution in [3.63, 3.8) is 0 Å². The molecule has 0 aliphatic rings. The molecule has 6 nitrogen and oxygen atoms in total. The van der Waals surface area contributed by atoms with E-state index in [1.54, 1.807) is 38.5 Å². The summed E-state index contributed by atoms with van der Waals surface area (Å²) in [6, 6.07) is 8.55. The normalized spacial score (nSPS) is 9.93. The molecule has 0 fully saturated rings. The number of halogens is 3. The molecule has 0 atom stereocenters. The summed E-state index contributed by atoms with van der Waals surface area (Å²) < 4.78 is 20.3. The van der Waals surface area contributed by atoms with Gasteiger partial charge in [0.25, 0.3) is 0 Å². The molecule has 2 rings (SSSR count). The molecule has 164 valence electrons. The number of benzene rings is 2. The van der Waals surface area contributed by atoms with Crippen molar-refractivity contribution in [3.05, 3.63) is 57.6 Å². The van der Waals surface area contributed by atoms with Crippen molar-refractivity contribution in [3.8, 4) is 11.5 Å². The fraction of sp³-hybridized carbons (Fsp3) is 0.333. The third kappa shape index (κ3) is 7.58. The van der Waals surface area contributed by atoms with Crippen LogP contribution in [0.4, 0.5) is 0 Å². The zero-order valence-corrected chi connectivity index (χ0v) is 20.8. The monoisotopic (exact) mass is 564 g/mol. The predicted octanol–water partition coefficient (Wildman–Crippen LogP) is 5.45. The molecule has 2 aromatic rings. The molecule has 0 amide bonds. The lowest BCUT2D eigenvalue weighted by Crippen LogP contribution is -2.11. The molecule has 0 saturated heterocycles. The number of ether oxygens (including phenoxy) is 4. The first-order valence-corrected chi connectivity index (χ1v) is 11.3. The Morgan fingerprint density at radius 3 is 2.27 bits per heavy atom. The minimum atomic E-state index is -0.459. The topological polar surface area (TPSA) is 71.1 Å². The van der Waals surface area contributed by atoms with Crippen molar-refractivity contribution >= 4 is 55.7 Å². The third-order valence-electron chi connectivity index (χ3n) is 3.74. The summed E-state index contributed by atoms with van der Waals surface area (Å²) in [5, 5.41) is 1.33. The second kappa shape index (κ2) is 14.4. The average Bonchev–Trinajstić information content (AvgIpc) is 2.77. The van der Waals surface area contributed by atoms with Crippen molar-refractivity contribution < 1.29 is 28.5 Å². The lowest BCUT2D eigenvalue weighted by Gasteiger charge is -2.14. The van der Waals surface area contributed by atoms with Crippen LogP contribution in [0.2, 0.25) is 5.02 Å². The molecule has 0 radical (unpaired) electrons. The molecular formula is C21H23Br2ClO6. The Morgan fingerprint density at radius 2 is 1.70 bits per heavy atom. The second-order valence-corrected chi connectivity index (χ2v) is 7.25. The number of esters is 1. The molecule has 0 aliphatic heterocycles. The molecule has 0 saturated carbocycles. The molecule has 0 N–H and O–H groups in total. The van der Waals surface area contributed by atoms with Gasteiger partial charge in [0.2, 0.25) is 0 Å². The third-order valence-corrected chi connectivity index (χ3v) is 5.32. The number of carbonyl (C=O) groups excluding carboxylic acids is 2. The zero-order chi connectivity index (χ0) is 22.5. The molecule has 0 aromatic heterocycles. The van der Waals surface area contributed by atoms with Gasteiger partial charge in [0.15, 0.2) is 0 Å². The molecule has 30 heavy (non-hydrogen) atoms. The van der Waals surface area contributed by atoms with E-state index < -0.39 is 5.97 Å². The Labute approximate surface area is 198 Å². The van der Waals surface area contributed by atoms with Crippen LogP contribution in [0.3, 0.4) is 0 Å².